The molecule has 1 aliphatic heterocycles. The molecular weight excluding hydrogens is 276 g/mol. The van der Waals surface area contributed by atoms with Crippen molar-refractivity contribution in [2.45, 2.75) is 37.8 Å². The zero-order chi connectivity index (χ0) is 15.1. The van der Waals surface area contributed by atoms with Crippen LogP contribution in [0, 0.1) is 0 Å². The summed E-state index contributed by atoms with van der Waals surface area (Å²) in [6.07, 6.45) is 7.99. The summed E-state index contributed by atoms with van der Waals surface area (Å²) >= 11 is 0. The summed E-state index contributed by atoms with van der Waals surface area (Å²) < 4.78 is 1.79. The van der Waals surface area contributed by atoms with E-state index in [-0.39, 0.29) is 0 Å². The molecule has 4 rings (SSSR count). The highest BCUT2D eigenvalue weighted by atomic mass is 16.1. The number of carbonyl (C=O) groups is 1. The molecule has 0 unspecified atom stereocenters. The van der Waals surface area contributed by atoms with Gasteiger partial charge in [-0.1, -0.05) is 0 Å². The second-order valence-corrected chi connectivity index (χ2v) is 6.56. The Morgan fingerprint density at radius 1 is 1.18 bits per heavy atom. The number of anilines is 1. The SMILES string of the molecule is Cn1cc2c(N3CCC(NC4CC4)CC3)ccc(C=O)c2n1. The fourth-order valence-electron chi connectivity index (χ4n) is 3.47. The van der Waals surface area contributed by atoms with Gasteiger partial charge in [-0.25, -0.2) is 0 Å². The van der Waals surface area contributed by atoms with Gasteiger partial charge in [-0.2, -0.15) is 5.10 Å². The minimum atomic E-state index is 0.669. The number of aldehydes is 1. The van der Waals surface area contributed by atoms with Crippen molar-refractivity contribution in [3.05, 3.63) is 23.9 Å². The van der Waals surface area contributed by atoms with Gasteiger partial charge in [0.15, 0.2) is 6.29 Å². The van der Waals surface area contributed by atoms with Gasteiger partial charge in [-0.15, -0.1) is 0 Å². The summed E-state index contributed by atoms with van der Waals surface area (Å²) in [5.74, 6) is 0. The fourth-order valence-corrected chi connectivity index (χ4v) is 3.47. The van der Waals surface area contributed by atoms with Gasteiger partial charge in [0.1, 0.15) is 5.52 Å². The van der Waals surface area contributed by atoms with Crippen molar-refractivity contribution in [3.8, 4) is 0 Å². The molecule has 2 aliphatic rings. The van der Waals surface area contributed by atoms with Crippen LogP contribution in [0.25, 0.3) is 10.9 Å². The first-order valence-electron chi connectivity index (χ1n) is 8.17. The third-order valence-electron chi connectivity index (χ3n) is 4.81. The number of hydrogen-bond donors (Lipinski definition) is 1. The van der Waals surface area contributed by atoms with E-state index in [4.69, 9.17) is 0 Å². The summed E-state index contributed by atoms with van der Waals surface area (Å²) in [6.45, 7) is 2.13. The van der Waals surface area contributed by atoms with Crippen molar-refractivity contribution < 1.29 is 4.79 Å². The normalized spacial score (nSPS) is 19.8. The quantitative estimate of drug-likeness (QED) is 0.878. The predicted octanol–water partition coefficient (Wildman–Crippen LogP) is 2.11. The highest BCUT2D eigenvalue weighted by Crippen LogP contribution is 2.31. The van der Waals surface area contributed by atoms with Gasteiger partial charge in [0.25, 0.3) is 0 Å². The summed E-state index contributed by atoms with van der Waals surface area (Å²) in [5.41, 5.74) is 2.69. The number of aromatic nitrogens is 2. The van der Waals surface area contributed by atoms with Gasteiger partial charge in [-0.05, 0) is 37.8 Å². The van der Waals surface area contributed by atoms with Crippen molar-refractivity contribution in [1.82, 2.24) is 15.1 Å². The van der Waals surface area contributed by atoms with Crippen molar-refractivity contribution in [2.75, 3.05) is 18.0 Å². The maximum Gasteiger partial charge on any atom is 0.152 e. The second kappa shape index (κ2) is 5.39. The number of carbonyl (C=O) groups excluding carboxylic acids is 1. The first kappa shape index (κ1) is 13.8. The van der Waals surface area contributed by atoms with Crippen LogP contribution in [0.2, 0.25) is 0 Å². The Balaban J connectivity index is 1.57. The van der Waals surface area contributed by atoms with Crippen LogP contribution < -0.4 is 10.2 Å². The molecule has 1 saturated carbocycles. The topological polar surface area (TPSA) is 50.2 Å². The van der Waals surface area contributed by atoms with Crippen LogP contribution in [-0.2, 0) is 7.05 Å². The van der Waals surface area contributed by atoms with E-state index in [9.17, 15) is 4.79 Å². The average molecular weight is 298 g/mol. The molecule has 0 bridgehead atoms. The van der Waals surface area contributed by atoms with Gasteiger partial charge < -0.3 is 10.2 Å². The summed E-state index contributed by atoms with van der Waals surface area (Å²) in [6, 6.07) is 5.42. The van der Waals surface area contributed by atoms with Crippen LogP contribution in [0.5, 0.6) is 0 Å². The molecule has 2 fully saturated rings. The smallest absolute Gasteiger partial charge is 0.152 e. The maximum atomic E-state index is 11.2. The molecule has 1 aromatic carbocycles. The lowest BCUT2D eigenvalue weighted by atomic mass is 10.0. The highest BCUT2D eigenvalue weighted by molar-refractivity contribution is 6.01. The number of hydrogen-bond acceptors (Lipinski definition) is 4. The van der Waals surface area contributed by atoms with Crippen molar-refractivity contribution >= 4 is 22.9 Å². The Bertz CT molecular complexity index is 696. The number of nitrogens with one attached hydrogen (secondary N) is 1. The van der Waals surface area contributed by atoms with Crippen molar-refractivity contribution in [2.24, 2.45) is 7.05 Å². The first-order chi connectivity index (χ1) is 10.7. The van der Waals surface area contributed by atoms with Crippen LogP contribution in [-0.4, -0.2) is 41.2 Å². The molecule has 22 heavy (non-hydrogen) atoms. The Hall–Kier alpha value is -1.88. The Morgan fingerprint density at radius 3 is 2.59 bits per heavy atom. The van der Waals surface area contributed by atoms with E-state index in [1.54, 1.807) is 4.68 Å². The standard InChI is InChI=1S/C17H22N4O/c1-20-10-15-16(5-2-12(11-22)17(15)19-20)21-8-6-14(7-9-21)18-13-3-4-13/h2,5,10-11,13-14,18H,3-4,6-9H2,1H3. The number of rotatable bonds is 4. The highest BCUT2D eigenvalue weighted by Gasteiger charge is 2.27. The first-order valence-corrected chi connectivity index (χ1v) is 8.17. The maximum absolute atomic E-state index is 11.2. The molecule has 0 amide bonds. The van der Waals surface area contributed by atoms with Crippen LogP contribution >= 0.6 is 0 Å². The predicted molar refractivity (Wildman–Crippen MR) is 87.5 cm³/mol. The monoisotopic (exact) mass is 298 g/mol. The third-order valence-corrected chi connectivity index (χ3v) is 4.81. The molecule has 2 aromatic rings. The van der Waals surface area contributed by atoms with Gasteiger partial charge in [-0.3, -0.25) is 9.48 Å². The van der Waals surface area contributed by atoms with Gasteiger partial charge in [0.05, 0.1) is 0 Å². The molecule has 1 aliphatic carbocycles. The van der Waals surface area contributed by atoms with Crippen molar-refractivity contribution in [1.29, 1.82) is 0 Å². The third kappa shape index (κ3) is 2.50. The zero-order valence-electron chi connectivity index (χ0n) is 13.0. The molecule has 0 radical (unpaired) electrons. The molecule has 1 aromatic heterocycles. The zero-order valence-corrected chi connectivity index (χ0v) is 13.0. The molecule has 1 N–H and O–H groups in total. The molecule has 1 saturated heterocycles. The van der Waals surface area contributed by atoms with Crippen LogP contribution in [0.3, 0.4) is 0 Å². The molecular formula is C17H22N4O. The lowest BCUT2D eigenvalue weighted by Crippen LogP contribution is -2.43. The van der Waals surface area contributed by atoms with Gasteiger partial charge >= 0.3 is 0 Å². The van der Waals surface area contributed by atoms with Crippen LogP contribution in [0.15, 0.2) is 18.3 Å². The number of benzene rings is 1. The molecule has 2 heterocycles. The van der Waals surface area contributed by atoms with Gasteiger partial charge in [0, 0.05) is 55.1 Å². The Labute approximate surface area is 130 Å². The lowest BCUT2D eigenvalue weighted by Gasteiger charge is -2.34. The van der Waals surface area contributed by atoms with Gasteiger partial charge in [0.2, 0.25) is 0 Å². The summed E-state index contributed by atoms with van der Waals surface area (Å²) in [7, 11) is 1.91. The minimum absolute atomic E-state index is 0.669. The fraction of sp³-hybridized carbons (Fsp3) is 0.529. The molecule has 5 nitrogen and oxygen atoms in total. The number of aryl methyl sites for hydroxylation is 1. The number of fused-ring (bicyclic) bond motifs is 1. The lowest BCUT2D eigenvalue weighted by molar-refractivity contribution is 0.112. The summed E-state index contributed by atoms with van der Waals surface area (Å²) in [5, 5.41) is 9.27. The van der Waals surface area contributed by atoms with E-state index in [1.165, 1.54) is 31.4 Å². The van der Waals surface area contributed by atoms with Crippen LogP contribution in [0.4, 0.5) is 5.69 Å². The van der Waals surface area contributed by atoms with Crippen molar-refractivity contribution in [3.63, 3.8) is 0 Å². The van der Waals surface area contributed by atoms with E-state index < -0.39 is 0 Å². The number of piperidine rings is 1. The van der Waals surface area contributed by atoms with E-state index in [0.717, 1.165) is 36.3 Å². The molecule has 0 spiro atoms. The molecule has 5 heteroatoms. The average Bonchev–Trinajstić information content (AvgIpc) is 3.25. The minimum Gasteiger partial charge on any atom is -0.371 e. The summed E-state index contributed by atoms with van der Waals surface area (Å²) in [4.78, 5) is 13.6. The largest absolute Gasteiger partial charge is 0.371 e. The van der Waals surface area contributed by atoms with Crippen LogP contribution in [0.1, 0.15) is 36.0 Å². The molecule has 116 valence electrons. The van der Waals surface area contributed by atoms with E-state index in [0.29, 0.717) is 11.6 Å². The Kier molecular flexibility index (Phi) is 3.37. The number of nitrogens with zero attached hydrogens (tertiary/aromatic N) is 3. The van der Waals surface area contributed by atoms with E-state index in [2.05, 4.69) is 21.4 Å². The van der Waals surface area contributed by atoms with E-state index in [1.807, 2.05) is 19.3 Å². The second-order valence-electron chi connectivity index (χ2n) is 6.56. The van der Waals surface area contributed by atoms with E-state index >= 15 is 0 Å². The molecule has 0 atom stereocenters. The Morgan fingerprint density at radius 2 is 1.91 bits per heavy atom.